The third-order valence-electron chi connectivity index (χ3n) is 3.68. The number of aromatic hydroxyl groups is 1. The van der Waals surface area contributed by atoms with Gasteiger partial charge in [-0.25, -0.2) is 4.79 Å². The Morgan fingerprint density at radius 1 is 1.17 bits per heavy atom. The zero-order valence-corrected chi connectivity index (χ0v) is 13.0. The number of hydrogen-bond acceptors (Lipinski definition) is 5. The van der Waals surface area contributed by atoms with Gasteiger partial charge in [-0.2, -0.15) is 10.1 Å². The van der Waals surface area contributed by atoms with Crippen molar-refractivity contribution in [2.45, 2.75) is 6.92 Å². The lowest BCUT2D eigenvalue weighted by molar-refractivity contribution is -0.114. The maximum Gasteiger partial charge on any atom is 0.330 e. The van der Waals surface area contributed by atoms with Crippen LogP contribution >= 0.6 is 0 Å². The molecule has 1 aliphatic heterocycles. The van der Waals surface area contributed by atoms with Crippen LogP contribution in [0.4, 0.5) is 5.69 Å². The first-order chi connectivity index (χ1) is 11.4. The summed E-state index contributed by atoms with van der Waals surface area (Å²) in [6, 6.07) is 8.83. The van der Waals surface area contributed by atoms with Crippen LogP contribution in [0.3, 0.4) is 0 Å². The van der Waals surface area contributed by atoms with Crippen molar-refractivity contribution in [2.75, 3.05) is 5.01 Å². The minimum Gasteiger partial charge on any atom is -0.494 e. The van der Waals surface area contributed by atoms with Gasteiger partial charge in [0.25, 0.3) is 11.5 Å². The Hall–Kier alpha value is -3.42. The highest BCUT2D eigenvalue weighted by Gasteiger charge is 2.29. The summed E-state index contributed by atoms with van der Waals surface area (Å²) >= 11 is 0. The average molecular weight is 326 g/mol. The molecule has 24 heavy (non-hydrogen) atoms. The second kappa shape index (κ2) is 5.65. The minimum atomic E-state index is -0.776. The van der Waals surface area contributed by atoms with E-state index in [0.717, 1.165) is 4.57 Å². The molecule has 1 aromatic carbocycles. The Labute approximate surface area is 136 Å². The fourth-order valence-corrected chi connectivity index (χ4v) is 2.33. The molecule has 1 amide bonds. The Balaban J connectivity index is 2.09. The summed E-state index contributed by atoms with van der Waals surface area (Å²) < 4.78 is 0.884. The summed E-state index contributed by atoms with van der Waals surface area (Å²) in [6.07, 6.45) is 1.23. The van der Waals surface area contributed by atoms with Gasteiger partial charge in [-0.3, -0.25) is 19.1 Å². The number of aromatic amines is 1. The minimum absolute atomic E-state index is 0.165. The summed E-state index contributed by atoms with van der Waals surface area (Å²) in [7, 11) is 1.31. The van der Waals surface area contributed by atoms with Crippen molar-refractivity contribution in [3.63, 3.8) is 0 Å². The number of H-pyrrole nitrogens is 1. The number of hydrazone groups is 1. The number of para-hydroxylation sites is 1. The fourth-order valence-electron chi connectivity index (χ4n) is 2.33. The second-order valence-corrected chi connectivity index (χ2v) is 5.25. The zero-order chi connectivity index (χ0) is 17.4. The van der Waals surface area contributed by atoms with Crippen LogP contribution in [0.25, 0.3) is 6.08 Å². The molecule has 2 N–H and O–H groups in total. The lowest BCUT2D eigenvalue weighted by atomic mass is 10.1. The number of carbonyl (C=O) groups is 1. The quantitative estimate of drug-likeness (QED) is 0.787. The van der Waals surface area contributed by atoms with E-state index in [9.17, 15) is 19.5 Å². The predicted molar refractivity (Wildman–Crippen MR) is 89.0 cm³/mol. The van der Waals surface area contributed by atoms with Crippen LogP contribution in [0.2, 0.25) is 0 Å². The molecule has 0 saturated heterocycles. The molecule has 2 heterocycles. The maximum atomic E-state index is 12.6. The van der Waals surface area contributed by atoms with Crippen LogP contribution in [-0.4, -0.2) is 26.3 Å². The molecule has 0 spiro atoms. The van der Waals surface area contributed by atoms with Crippen LogP contribution < -0.4 is 16.3 Å². The van der Waals surface area contributed by atoms with Crippen molar-refractivity contribution in [3.05, 3.63) is 62.3 Å². The van der Waals surface area contributed by atoms with E-state index in [1.807, 2.05) is 6.07 Å². The first kappa shape index (κ1) is 15.5. The molecule has 0 saturated carbocycles. The van der Waals surface area contributed by atoms with Gasteiger partial charge in [0.15, 0.2) is 0 Å². The highest BCUT2D eigenvalue weighted by atomic mass is 16.3. The maximum absolute atomic E-state index is 12.6. The Bertz CT molecular complexity index is 999. The predicted octanol–water partition coefficient (Wildman–Crippen LogP) is 0.585. The number of rotatable bonds is 2. The van der Waals surface area contributed by atoms with Gasteiger partial charge in [-0.15, -0.1) is 0 Å². The Morgan fingerprint density at radius 3 is 2.50 bits per heavy atom. The van der Waals surface area contributed by atoms with Crippen LogP contribution in [0.5, 0.6) is 5.88 Å². The number of carbonyl (C=O) groups excluding carboxylic acids is 1. The van der Waals surface area contributed by atoms with Gasteiger partial charge in [0.05, 0.1) is 17.0 Å². The number of nitrogens with one attached hydrogen (secondary N) is 1. The number of hydrogen-bond donors (Lipinski definition) is 2. The Morgan fingerprint density at radius 2 is 1.83 bits per heavy atom. The van der Waals surface area contributed by atoms with Crippen LogP contribution in [-0.2, 0) is 11.8 Å². The van der Waals surface area contributed by atoms with E-state index in [1.54, 1.807) is 31.2 Å². The van der Waals surface area contributed by atoms with E-state index >= 15 is 0 Å². The monoisotopic (exact) mass is 326 g/mol. The summed E-state index contributed by atoms with van der Waals surface area (Å²) in [5, 5.41) is 15.4. The third kappa shape index (κ3) is 2.43. The van der Waals surface area contributed by atoms with Gasteiger partial charge in [0.1, 0.15) is 5.56 Å². The molecule has 122 valence electrons. The number of nitrogens with zero attached hydrogens (tertiary/aromatic N) is 3. The highest BCUT2D eigenvalue weighted by Crippen LogP contribution is 2.25. The molecular weight excluding hydrogens is 312 g/mol. The molecule has 8 heteroatoms. The summed E-state index contributed by atoms with van der Waals surface area (Å²) in [4.78, 5) is 38.0. The van der Waals surface area contributed by atoms with Crippen molar-refractivity contribution in [1.82, 2.24) is 9.55 Å². The molecule has 0 aliphatic carbocycles. The number of anilines is 1. The van der Waals surface area contributed by atoms with E-state index in [1.165, 1.54) is 18.1 Å². The number of aromatic nitrogens is 2. The van der Waals surface area contributed by atoms with Crippen molar-refractivity contribution in [1.29, 1.82) is 0 Å². The van der Waals surface area contributed by atoms with E-state index in [2.05, 4.69) is 10.1 Å². The Kier molecular flexibility index (Phi) is 3.64. The van der Waals surface area contributed by atoms with Crippen molar-refractivity contribution >= 4 is 23.4 Å². The standard InChI is InChI=1S/C16H14N4O4/c1-9-11(8-12-13(21)17-16(24)19(2)14(12)22)15(23)20(18-9)10-6-4-3-5-7-10/h3-8,22H,1-2H3,(H,17,21,24)/b11-8-. The molecular formula is C16H14N4O4. The van der Waals surface area contributed by atoms with Crippen LogP contribution in [0.15, 0.2) is 50.6 Å². The zero-order valence-electron chi connectivity index (χ0n) is 13.0. The number of amides is 1. The molecule has 0 radical (unpaired) electrons. The second-order valence-electron chi connectivity index (χ2n) is 5.25. The number of benzene rings is 1. The van der Waals surface area contributed by atoms with Gasteiger partial charge in [-0.1, -0.05) is 18.2 Å². The van der Waals surface area contributed by atoms with Gasteiger partial charge in [0.2, 0.25) is 5.88 Å². The lowest BCUT2D eigenvalue weighted by Crippen LogP contribution is -2.30. The largest absolute Gasteiger partial charge is 0.494 e. The van der Waals surface area contributed by atoms with Gasteiger partial charge < -0.3 is 5.11 Å². The molecule has 3 rings (SSSR count). The molecule has 1 aromatic heterocycles. The molecule has 2 aromatic rings. The molecule has 0 bridgehead atoms. The van der Waals surface area contributed by atoms with Gasteiger partial charge >= 0.3 is 5.69 Å². The van der Waals surface area contributed by atoms with Crippen LogP contribution in [0, 0.1) is 0 Å². The average Bonchev–Trinajstić information content (AvgIpc) is 2.85. The fraction of sp³-hybridized carbons (Fsp3) is 0.125. The van der Waals surface area contributed by atoms with Crippen molar-refractivity contribution < 1.29 is 9.90 Å². The molecule has 0 unspecified atom stereocenters. The van der Waals surface area contributed by atoms with Gasteiger partial charge in [-0.05, 0) is 25.1 Å². The van der Waals surface area contributed by atoms with Crippen molar-refractivity contribution in [3.8, 4) is 5.88 Å². The van der Waals surface area contributed by atoms with E-state index < -0.39 is 23.0 Å². The van der Waals surface area contributed by atoms with Crippen LogP contribution in [0.1, 0.15) is 12.5 Å². The molecule has 0 atom stereocenters. The lowest BCUT2D eigenvalue weighted by Gasteiger charge is -2.11. The van der Waals surface area contributed by atoms with Crippen molar-refractivity contribution in [2.24, 2.45) is 12.1 Å². The van der Waals surface area contributed by atoms with Gasteiger partial charge in [0, 0.05) is 7.05 Å². The molecule has 8 nitrogen and oxygen atoms in total. The first-order valence-corrected chi connectivity index (χ1v) is 7.09. The summed E-state index contributed by atoms with van der Waals surface area (Å²) in [5.41, 5.74) is -0.542. The third-order valence-corrected chi connectivity index (χ3v) is 3.68. The first-order valence-electron chi connectivity index (χ1n) is 7.09. The highest BCUT2D eigenvalue weighted by molar-refractivity contribution is 6.32. The summed E-state index contributed by atoms with van der Waals surface area (Å²) in [6.45, 7) is 1.62. The topological polar surface area (TPSA) is 108 Å². The molecule has 1 aliphatic rings. The SMILES string of the molecule is CC1=NN(c2ccccc2)C(=O)/C1=C\c1c(O)n(C)c(=O)[nH]c1=O. The van der Waals surface area contributed by atoms with E-state index in [-0.39, 0.29) is 11.1 Å². The van der Waals surface area contributed by atoms with E-state index in [4.69, 9.17) is 0 Å². The summed E-state index contributed by atoms with van der Waals surface area (Å²) in [5.74, 6) is -0.943. The normalized spacial score (nSPS) is 15.9. The smallest absolute Gasteiger partial charge is 0.330 e. The molecule has 0 fully saturated rings. The van der Waals surface area contributed by atoms with E-state index in [0.29, 0.717) is 11.4 Å².